The summed E-state index contributed by atoms with van der Waals surface area (Å²) in [6.45, 7) is 3.56. The van der Waals surface area contributed by atoms with E-state index in [2.05, 4.69) is 46.5 Å². The highest BCUT2D eigenvalue weighted by molar-refractivity contribution is 6.02. The Morgan fingerprint density at radius 1 is 1.27 bits per heavy atom. The predicted octanol–water partition coefficient (Wildman–Crippen LogP) is 0.283. The summed E-state index contributed by atoms with van der Waals surface area (Å²) in [5.74, 6) is 0.272. The molecule has 3 N–H and O–H groups in total. The molecule has 0 saturated heterocycles. The molecule has 2 aliphatic heterocycles. The predicted molar refractivity (Wildman–Crippen MR) is 87.0 cm³/mol. The van der Waals surface area contributed by atoms with Gasteiger partial charge in [-0.25, -0.2) is 4.99 Å². The number of phenols is 1. The molecule has 2 aromatic rings. The normalized spacial score (nSPS) is 14.7. The van der Waals surface area contributed by atoms with Crippen LogP contribution in [0.2, 0.25) is 0 Å². The Labute approximate surface area is 128 Å². The summed E-state index contributed by atoms with van der Waals surface area (Å²) in [5.41, 5.74) is 5.17. The molecular formula is C18H18N3O+. The van der Waals surface area contributed by atoms with E-state index in [1.165, 1.54) is 16.7 Å². The van der Waals surface area contributed by atoms with Gasteiger partial charge in [0.1, 0.15) is 0 Å². The van der Waals surface area contributed by atoms with E-state index in [0.717, 1.165) is 34.9 Å². The van der Waals surface area contributed by atoms with Crippen molar-refractivity contribution in [2.45, 2.75) is 19.9 Å². The lowest BCUT2D eigenvalue weighted by atomic mass is 10.1. The lowest BCUT2D eigenvalue weighted by Crippen LogP contribution is -2.61. The maximum atomic E-state index is 10.5. The van der Waals surface area contributed by atoms with Gasteiger partial charge in [0.05, 0.1) is 16.3 Å². The first kappa shape index (κ1) is 13.1. The van der Waals surface area contributed by atoms with Crippen LogP contribution in [0.4, 0.5) is 11.4 Å². The number of benzene rings is 2. The Kier molecular flexibility index (Phi) is 2.96. The van der Waals surface area contributed by atoms with Crippen molar-refractivity contribution in [3.63, 3.8) is 0 Å². The van der Waals surface area contributed by atoms with Crippen molar-refractivity contribution in [3.8, 4) is 5.75 Å². The molecule has 2 aliphatic rings. The first-order chi connectivity index (χ1) is 10.7. The largest absolute Gasteiger partial charge is 0.501 e. The van der Waals surface area contributed by atoms with Gasteiger partial charge >= 0.3 is 0 Å². The lowest BCUT2D eigenvalue weighted by molar-refractivity contribution is -0.345. The SMILES string of the molecule is Cc1ccc(CNc2cc3c4c(c2O)[NH+]=CC=4CCN=3)cc1. The van der Waals surface area contributed by atoms with Crippen molar-refractivity contribution in [2.24, 2.45) is 4.99 Å². The molecular weight excluding hydrogens is 274 g/mol. The van der Waals surface area contributed by atoms with Gasteiger partial charge in [0.25, 0.3) is 5.69 Å². The van der Waals surface area contributed by atoms with Crippen LogP contribution in [0.5, 0.6) is 5.75 Å². The zero-order valence-corrected chi connectivity index (χ0v) is 12.5. The molecule has 22 heavy (non-hydrogen) atoms. The van der Waals surface area contributed by atoms with E-state index in [4.69, 9.17) is 0 Å². The molecule has 0 aliphatic carbocycles. The van der Waals surface area contributed by atoms with Crippen LogP contribution in [-0.4, -0.2) is 17.9 Å². The second kappa shape index (κ2) is 4.98. The van der Waals surface area contributed by atoms with Gasteiger partial charge in [0.2, 0.25) is 5.75 Å². The first-order valence-corrected chi connectivity index (χ1v) is 7.55. The minimum atomic E-state index is 0.272. The quantitative estimate of drug-likeness (QED) is 0.712. The molecule has 0 unspecified atom stereocenters. The maximum Gasteiger partial charge on any atom is 0.257 e. The third kappa shape index (κ3) is 2.08. The molecule has 0 aromatic heterocycles. The summed E-state index contributed by atoms with van der Waals surface area (Å²) >= 11 is 0. The Balaban J connectivity index is 1.70. The van der Waals surface area contributed by atoms with Crippen LogP contribution in [-0.2, 0) is 6.54 Å². The third-order valence-corrected chi connectivity index (χ3v) is 4.26. The molecule has 110 valence electrons. The average molecular weight is 292 g/mol. The Morgan fingerprint density at radius 2 is 2.09 bits per heavy atom. The van der Waals surface area contributed by atoms with E-state index in [1.807, 2.05) is 12.3 Å². The van der Waals surface area contributed by atoms with Crippen molar-refractivity contribution in [2.75, 3.05) is 11.9 Å². The Bertz CT molecular complexity index is 895. The molecule has 0 fully saturated rings. The fourth-order valence-corrected chi connectivity index (χ4v) is 3.01. The molecule has 2 heterocycles. The fraction of sp³-hybridized carbons (Fsp3) is 0.222. The highest BCUT2D eigenvalue weighted by atomic mass is 16.3. The number of aromatic hydroxyl groups is 1. The van der Waals surface area contributed by atoms with E-state index in [-0.39, 0.29) is 5.75 Å². The number of hydrogen-bond acceptors (Lipinski definition) is 3. The number of anilines is 1. The van der Waals surface area contributed by atoms with Crippen LogP contribution in [0.1, 0.15) is 17.5 Å². The monoisotopic (exact) mass is 292 g/mol. The van der Waals surface area contributed by atoms with Crippen molar-refractivity contribution in [1.82, 2.24) is 0 Å². The van der Waals surface area contributed by atoms with Gasteiger partial charge in [0.15, 0.2) is 6.21 Å². The van der Waals surface area contributed by atoms with Gasteiger partial charge in [-0.3, -0.25) is 4.99 Å². The summed E-state index contributed by atoms with van der Waals surface area (Å²) in [6.07, 6.45) is 2.91. The topological polar surface area (TPSA) is 58.6 Å². The van der Waals surface area contributed by atoms with Gasteiger partial charge in [-0.05, 0) is 25.0 Å². The van der Waals surface area contributed by atoms with E-state index in [0.29, 0.717) is 6.54 Å². The summed E-state index contributed by atoms with van der Waals surface area (Å²) < 4.78 is 0. The number of phenolic OH excluding ortho intramolecular Hbond substituents is 1. The molecule has 4 nitrogen and oxygen atoms in total. The van der Waals surface area contributed by atoms with E-state index < -0.39 is 0 Å². The lowest BCUT2D eigenvalue weighted by Gasteiger charge is -2.10. The standard InChI is InChI=1S/C18H17N3O/c1-11-2-4-12(5-3-11)9-20-15-8-14-16-13(6-7-19-14)10-21-17(16)18(15)22/h2-5,8,10,20,22H,6-7,9H2,1H3/p+1. The highest BCUT2D eigenvalue weighted by Gasteiger charge is 2.24. The number of nitrogens with zero attached hydrogens (tertiary/aromatic N) is 1. The van der Waals surface area contributed by atoms with Gasteiger partial charge in [0, 0.05) is 18.7 Å². The molecule has 0 atom stereocenters. The molecule has 0 saturated carbocycles. The number of hydrogen-bond donors (Lipinski definition) is 3. The second-order valence-corrected chi connectivity index (χ2v) is 5.83. The van der Waals surface area contributed by atoms with Crippen molar-refractivity contribution in [3.05, 3.63) is 52.0 Å². The zero-order valence-electron chi connectivity index (χ0n) is 12.5. The summed E-state index contributed by atoms with van der Waals surface area (Å²) in [7, 11) is 0. The molecule has 2 aromatic carbocycles. The van der Waals surface area contributed by atoms with E-state index in [1.54, 1.807) is 0 Å². The minimum absolute atomic E-state index is 0.272. The number of nitrogens with one attached hydrogen (secondary N) is 2. The van der Waals surface area contributed by atoms with E-state index in [9.17, 15) is 5.11 Å². The third-order valence-electron chi connectivity index (χ3n) is 4.26. The van der Waals surface area contributed by atoms with E-state index >= 15 is 0 Å². The van der Waals surface area contributed by atoms with Gasteiger partial charge in [-0.1, -0.05) is 29.8 Å². The number of aryl methyl sites for hydroxylation is 1. The summed E-state index contributed by atoms with van der Waals surface area (Å²) in [6, 6.07) is 10.3. The zero-order chi connectivity index (χ0) is 15.1. The van der Waals surface area contributed by atoms with Crippen LogP contribution in [0.3, 0.4) is 0 Å². The van der Waals surface area contributed by atoms with Crippen LogP contribution in [0.25, 0.3) is 5.57 Å². The molecule has 0 bridgehead atoms. The molecule has 0 amide bonds. The first-order valence-electron chi connectivity index (χ1n) is 7.55. The van der Waals surface area contributed by atoms with Crippen molar-refractivity contribution >= 4 is 23.2 Å². The maximum absolute atomic E-state index is 10.5. The molecule has 0 spiro atoms. The van der Waals surface area contributed by atoms with Crippen LogP contribution in [0.15, 0.2) is 35.3 Å². The molecule has 4 rings (SSSR count). The Morgan fingerprint density at radius 3 is 2.91 bits per heavy atom. The summed E-state index contributed by atoms with van der Waals surface area (Å²) in [5, 5.41) is 15.8. The Hall–Kier alpha value is -2.62. The minimum Gasteiger partial charge on any atom is -0.501 e. The molecule has 0 radical (unpaired) electrons. The average Bonchev–Trinajstić information content (AvgIpc) is 2.97. The summed E-state index contributed by atoms with van der Waals surface area (Å²) in [4.78, 5) is 7.76. The fourth-order valence-electron chi connectivity index (χ4n) is 3.01. The van der Waals surface area contributed by atoms with Crippen molar-refractivity contribution in [1.29, 1.82) is 0 Å². The van der Waals surface area contributed by atoms with Gasteiger partial charge < -0.3 is 10.4 Å². The smallest absolute Gasteiger partial charge is 0.257 e. The van der Waals surface area contributed by atoms with Gasteiger partial charge in [-0.15, -0.1) is 0 Å². The highest BCUT2D eigenvalue weighted by Crippen LogP contribution is 2.26. The number of rotatable bonds is 3. The van der Waals surface area contributed by atoms with Crippen LogP contribution >= 0.6 is 0 Å². The second-order valence-electron chi connectivity index (χ2n) is 5.83. The van der Waals surface area contributed by atoms with Crippen molar-refractivity contribution < 1.29 is 10.1 Å². The van der Waals surface area contributed by atoms with Crippen LogP contribution in [0, 0.1) is 6.92 Å². The molecule has 4 heteroatoms. The van der Waals surface area contributed by atoms with Gasteiger partial charge in [-0.2, -0.15) is 0 Å². The van der Waals surface area contributed by atoms with Crippen LogP contribution < -0.4 is 20.9 Å².